The van der Waals surface area contributed by atoms with Crippen molar-refractivity contribution in [3.05, 3.63) is 11.6 Å². The molecule has 0 unspecified atom stereocenters. The van der Waals surface area contributed by atoms with Crippen LogP contribution >= 0.6 is 0 Å². The molecule has 5 heteroatoms. The van der Waals surface area contributed by atoms with E-state index in [0.29, 0.717) is 0 Å². The van der Waals surface area contributed by atoms with Gasteiger partial charge in [0.25, 0.3) is 0 Å². The second kappa shape index (κ2) is 4.74. The molecular formula is C10H16O5. The van der Waals surface area contributed by atoms with Crippen molar-refractivity contribution in [3.63, 3.8) is 0 Å². The summed E-state index contributed by atoms with van der Waals surface area (Å²) in [7, 11) is 1.40. The third kappa shape index (κ3) is 2.56. The number of hydrogen-bond donors (Lipinski definition) is 2. The third-order valence-electron chi connectivity index (χ3n) is 2.30. The second-order valence-corrected chi connectivity index (χ2v) is 3.63. The Bertz CT molecular complexity index is 269. The Morgan fingerprint density at radius 3 is 2.40 bits per heavy atom. The Morgan fingerprint density at radius 2 is 2.07 bits per heavy atom. The molecule has 1 heterocycles. The number of rotatable bonds is 4. The second-order valence-electron chi connectivity index (χ2n) is 3.63. The van der Waals surface area contributed by atoms with Crippen LogP contribution in [0.5, 0.6) is 0 Å². The van der Waals surface area contributed by atoms with Crippen LogP contribution in [0, 0.1) is 0 Å². The molecule has 0 saturated heterocycles. The Morgan fingerprint density at radius 1 is 1.47 bits per heavy atom. The van der Waals surface area contributed by atoms with Crippen LogP contribution in [-0.4, -0.2) is 47.7 Å². The first-order valence-electron chi connectivity index (χ1n) is 4.79. The molecule has 4 atom stereocenters. The minimum Gasteiger partial charge on any atom is -0.452 e. The van der Waals surface area contributed by atoms with Gasteiger partial charge in [0.2, 0.25) is 0 Å². The predicted molar refractivity (Wildman–Crippen MR) is 52.1 cm³/mol. The molecule has 0 radical (unpaired) electrons. The fraction of sp³-hybridized carbons (Fsp3) is 0.700. The summed E-state index contributed by atoms with van der Waals surface area (Å²) < 4.78 is 9.89. The molecule has 86 valence electrons. The summed E-state index contributed by atoms with van der Waals surface area (Å²) in [6.45, 7) is 3.06. The Hall–Kier alpha value is -0.910. The summed E-state index contributed by atoms with van der Waals surface area (Å²) in [5.41, 5.74) is 0.262. The summed E-state index contributed by atoms with van der Waals surface area (Å²) in [5, 5.41) is 18.6. The molecular weight excluding hydrogens is 200 g/mol. The fourth-order valence-corrected chi connectivity index (χ4v) is 1.50. The van der Waals surface area contributed by atoms with Crippen molar-refractivity contribution in [2.75, 3.05) is 7.11 Å². The van der Waals surface area contributed by atoms with E-state index in [4.69, 9.17) is 9.47 Å². The van der Waals surface area contributed by atoms with E-state index in [1.807, 2.05) is 0 Å². The van der Waals surface area contributed by atoms with Crippen molar-refractivity contribution in [1.29, 1.82) is 0 Å². The molecule has 5 nitrogen and oxygen atoms in total. The molecule has 0 aromatic rings. The summed E-state index contributed by atoms with van der Waals surface area (Å²) in [6.07, 6.45) is -1.43. The van der Waals surface area contributed by atoms with Gasteiger partial charge >= 0.3 is 5.97 Å². The summed E-state index contributed by atoms with van der Waals surface area (Å²) in [4.78, 5) is 11.4. The standard InChI is InChI=1S/C10H16O5/c1-5(11)8-4-7(10(13)15-8)9(14-3)6(2)12/h4-6,8-9,11-12H,1-3H3/t5-,6+,8+,9+/m0/s1. The van der Waals surface area contributed by atoms with Crippen LogP contribution in [0.25, 0.3) is 0 Å². The van der Waals surface area contributed by atoms with E-state index < -0.39 is 30.4 Å². The molecule has 1 rings (SSSR count). The monoisotopic (exact) mass is 216 g/mol. The number of aliphatic hydroxyl groups excluding tert-OH is 2. The van der Waals surface area contributed by atoms with E-state index in [0.717, 1.165) is 0 Å². The lowest BCUT2D eigenvalue weighted by molar-refractivity contribution is -0.144. The Kier molecular flexibility index (Phi) is 3.84. The number of ether oxygens (including phenoxy) is 2. The van der Waals surface area contributed by atoms with Crippen LogP contribution in [0.1, 0.15) is 13.8 Å². The zero-order valence-electron chi connectivity index (χ0n) is 9.01. The molecule has 0 fully saturated rings. The van der Waals surface area contributed by atoms with Crippen molar-refractivity contribution >= 4 is 5.97 Å². The molecule has 0 aromatic carbocycles. The highest BCUT2D eigenvalue weighted by molar-refractivity contribution is 5.92. The van der Waals surface area contributed by atoms with Crippen LogP contribution in [0.4, 0.5) is 0 Å². The lowest BCUT2D eigenvalue weighted by Crippen LogP contribution is -2.29. The molecule has 0 aliphatic carbocycles. The molecule has 1 aliphatic heterocycles. The minimum absolute atomic E-state index is 0.262. The van der Waals surface area contributed by atoms with Gasteiger partial charge in [-0.15, -0.1) is 0 Å². The lowest BCUT2D eigenvalue weighted by Gasteiger charge is -2.17. The molecule has 0 saturated carbocycles. The molecule has 0 bridgehead atoms. The molecule has 1 aliphatic rings. The normalized spacial score (nSPS) is 26.9. The van der Waals surface area contributed by atoms with E-state index in [-0.39, 0.29) is 5.57 Å². The number of esters is 1. The number of carbonyl (C=O) groups is 1. The topological polar surface area (TPSA) is 76.0 Å². The quantitative estimate of drug-likeness (QED) is 0.626. The van der Waals surface area contributed by atoms with Crippen molar-refractivity contribution < 1.29 is 24.5 Å². The van der Waals surface area contributed by atoms with Gasteiger partial charge in [-0.2, -0.15) is 0 Å². The number of cyclic esters (lactones) is 1. The van der Waals surface area contributed by atoms with Gasteiger partial charge in [-0.1, -0.05) is 0 Å². The smallest absolute Gasteiger partial charge is 0.337 e. The van der Waals surface area contributed by atoms with Gasteiger partial charge in [0, 0.05) is 7.11 Å². The third-order valence-corrected chi connectivity index (χ3v) is 2.30. The molecule has 0 amide bonds. The average Bonchev–Trinajstić information content (AvgIpc) is 2.49. The summed E-state index contributed by atoms with van der Waals surface area (Å²) >= 11 is 0. The summed E-state index contributed by atoms with van der Waals surface area (Å²) in [5.74, 6) is -0.548. The zero-order chi connectivity index (χ0) is 11.6. The molecule has 15 heavy (non-hydrogen) atoms. The minimum atomic E-state index is -0.804. The van der Waals surface area contributed by atoms with Gasteiger partial charge in [-0.25, -0.2) is 4.79 Å². The van der Waals surface area contributed by atoms with Crippen molar-refractivity contribution in [2.45, 2.75) is 38.3 Å². The Balaban J connectivity index is 2.84. The van der Waals surface area contributed by atoms with Crippen LogP contribution < -0.4 is 0 Å². The number of carbonyl (C=O) groups excluding carboxylic acids is 1. The van der Waals surface area contributed by atoms with Gasteiger partial charge in [-0.3, -0.25) is 0 Å². The molecule has 2 N–H and O–H groups in total. The number of hydrogen-bond acceptors (Lipinski definition) is 5. The van der Waals surface area contributed by atoms with Gasteiger partial charge in [0.15, 0.2) is 0 Å². The van der Waals surface area contributed by atoms with E-state index >= 15 is 0 Å². The molecule has 0 aromatic heterocycles. The number of methoxy groups -OCH3 is 1. The SMILES string of the molecule is CO[C@@H](C1=C[C@H]([C@H](C)O)OC1=O)[C@@H](C)O. The maximum Gasteiger partial charge on any atom is 0.337 e. The zero-order valence-corrected chi connectivity index (χ0v) is 9.01. The Labute approximate surface area is 88.3 Å². The maximum absolute atomic E-state index is 11.4. The molecule has 0 spiro atoms. The van der Waals surface area contributed by atoms with E-state index in [9.17, 15) is 15.0 Å². The van der Waals surface area contributed by atoms with Crippen molar-refractivity contribution in [2.24, 2.45) is 0 Å². The van der Waals surface area contributed by atoms with Crippen LogP contribution in [0.3, 0.4) is 0 Å². The lowest BCUT2D eigenvalue weighted by atomic mass is 10.0. The fourth-order valence-electron chi connectivity index (χ4n) is 1.50. The van der Waals surface area contributed by atoms with Gasteiger partial charge < -0.3 is 19.7 Å². The first-order valence-corrected chi connectivity index (χ1v) is 4.79. The van der Waals surface area contributed by atoms with Crippen LogP contribution in [0.15, 0.2) is 11.6 Å². The van der Waals surface area contributed by atoms with E-state index in [1.165, 1.54) is 27.0 Å². The van der Waals surface area contributed by atoms with Gasteiger partial charge in [0.1, 0.15) is 12.2 Å². The van der Waals surface area contributed by atoms with Crippen LogP contribution in [-0.2, 0) is 14.3 Å². The van der Waals surface area contributed by atoms with E-state index in [1.54, 1.807) is 0 Å². The highest BCUT2D eigenvalue weighted by Crippen LogP contribution is 2.22. The summed E-state index contributed by atoms with van der Waals surface area (Å²) in [6, 6.07) is 0. The first kappa shape index (κ1) is 12.2. The van der Waals surface area contributed by atoms with Gasteiger partial charge in [-0.05, 0) is 19.9 Å². The van der Waals surface area contributed by atoms with Crippen molar-refractivity contribution in [1.82, 2.24) is 0 Å². The van der Waals surface area contributed by atoms with E-state index in [2.05, 4.69) is 0 Å². The predicted octanol–water partition coefficient (Wildman–Crippen LogP) is -0.385. The average molecular weight is 216 g/mol. The largest absolute Gasteiger partial charge is 0.452 e. The maximum atomic E-state index is 11.4. The highest BCUT2D eigenvalue weighted by atomic mass is 16.6. The van der Waals surface area contributed by atoms with Gasteiger partial charge in [0.05, 0.1) is 17.8 Å². The first-order chi connectivity index (χ1) is 6.97. The van der Waals surface area contributed by atoms with Crippen molar-refractivity contribution in [3.8, 4) is 0 Å². The number of aliphatic hydroxyl groups is 2. The van der Waals surface area contributed by atoms with Crippen LogP contribution in [0.2, 0.25) is 0 Å². The highest BCUT2D eigenvalue weighted by Gasteiger charge is 2.35.